The molecule has 1 aromatic heterocycles. The number of nitrogens with zero attached hydrogens (tertiary/aromatic N) is 2. The zero-order chi connectivity index (χ0) is 15.7. The molecule has 1 aliphatic heterocycles. The molecule has 116 valence electrons. The highest BCUT2D eigenvalue weighted by atomic mass is 32.1. The molecule has 0 spiro atoms. The summed E-state index contributed by atoms with van der Waals surface area (Å²) in [6, 6.07) is 3.36. The van der Waals surface area contributed by atoms with E-state index in [0.717, 1.165) is 25.0 Å². The van der Waals surface area contributed by atoms with E-state index in [0.29, 0.717) is 17.1 Å². The quantitative estimate of drug-likeness (QED) is 0.944. The van der Waals surface area contributed by atoms with Gasteiger partial charge in [0.1, 0.15) is 10.7 Å². The molecule has 1 fully saturated rings. The summed E-state index contributed by atoms with van der Waals surface area (Å²) in [6.45, 7) is 0.536. The van der Waals surface area contributed by atoms with Crippen molar-refractivity contribution in [2.24, 2.45) is 0 Å². The molecule has 1 N–H and O–H groups in total. The Hall–Kier alpha value is -1.86. The van der Waals surface area contributed by atoms with Crippen molar-refractivity contribution in [3.05, 3.63) is 40.9 Å². The Morgan fingerprint density at radius 1 is 1.41 bits per heavy atom. The molecular weight excluding hydrogens is 310 g/mol. The number of likely N-dealkylation sites (tertiary alicyclic amines) is 1. The van der Waals surface area contributed by atoms with Gasteiger partial charge in [0, 0.05) is 17.5 Å². The van der Waals surface area contributed by atoms with Crippen LogP contribution in [-0.4, -0.2) is 40.1 Å². The van der Waals surface area contributed by atoms with Crippen molar-refractivity contribution in [2.75, 3.05) is 13.2 Å². The van der Waals surface area contributed by atoms with Gasteiger partial charge in [0.25, 0.3) is 5.91 Å². The highest BCUT2D eigenvalue weighted by molar-refractivity contribution is 7.13. The maximum atomic E-state index is 13.3. The van der Waals surface area contributed by atoms with Crippen LogP contribution in [0.1, 0.15) is 23.3 Å². The number of rotatable bonds is 3. The normalized spacial score (nSPS) is 18.0. The third-order valence-electron chi connectivity index (χ3n) is 3.74. The van der Waals surface area contributed by atoms with Crippen LogP contribution in [0.3, 0.4) is 0 Å². The molecular formula is C15H14F2N2O2S. The highest BCUT2D eigenvalue weighted by Gasteiger charge is 2.30. The molecule has 2 aromatic rings. The molecule has 1 aliphatic rings. The van der Waals surface area contributed by atoms with Gasteiger partial charge in [-0.25, -0.2) is 13.8 Å². The van der Waals surface area contributed by atoms with E-state index in [4.69, 9.17) is 0 Å². The molecule has 3 rings (SSSR count). The maximum Gasteiger partial charge on any atom is 0.273 e. The summed E-state index contributed by atoms with van der Waals surface area (Å²) < 4.78 is 26.2. The Bertz CT molecular complexity index is 705. The lowest BCUT2D eigenvalue weighted by molar-refractivity contribution is 0.0672. The molecule has 22 heavy (non-hydrogen) atoms. The molecule has 1 atom stereocenters. The molecule has 0 saturated carbocycles. The summed E-state index contributed by atoms with van der Waals surface area (Å²) in [5.41, 5.74) is 0.702. The van der Waals surface area contributed by atoms with E-state index in [1.54, 1.807) is 10.3 Å². The number of hydrogen-bond acceptors (Lipinski definition) is 4. The van der Waals surface area contributed by atoms with Crippen molar-refractivity contribution in [1.29, 1.82) is 0 Å². The summed E-state index contributed by atoms with van der Waals surface area (Å²) in [7, 11) is 0. The fraction of sp³-hybridized carbons (Fsp3) is 0.333. The van der Waals surface area contributed by atoms with E-state index < -0.39 is 11.6 Å². The number of aliphatic hydroxyl groups is 1. The molecule has 0 bridgehead atoms. The minimum absolute atomic E-state index is 0.0636. The first-order valence-corrected chi connectivity index (χ1v) is 7.81. The van der Waals surface area contributed by atoms with Gasteiger partial charge in [0.2, 0.25) is 0 Å². The Kier molecular flexibility index (Phi) is 4.17. The monoisotopic (exact) mass is 324 g/mol. The summed E-state index contributed by atoms with van der Waals surface area (Å²) >= 11 is 1.20. The second-order valence-corrected chi connectivity index (χ2v) is 6.00. The van der Waals surface area contributed by atoms with E-state index in [2.05, 4.69) is 4.98 Å². The molecule has 0 aliphatic carbocycles. The van der Waals surface area contributed by atoms with Gasteiger partial charge in [0.05, 0.1) is 12.6 Å². The molecule has 7 heteroatoms. The van der Waals surface area contributed by atoms with Gasteiger partial charge < -0.3 is 10.0 Å². The van der Waals surface area contributed by atoms with E-state index in [1.807, 2.05) is 0 Å². The fourth-order valence-corrected chi connectivity index (χ4v) is 3.36. The SMILES string of the molecule is O=C(c1csc(-c2ccc(F)c(F)c2)n1)N1CCC[C@@H]1CO. The topological polar surface area (TPSA) is 53.4 Å². The van der Waals surface area contributed by atoms with Crippen LogP contribution in [-0.2, 0) is 0 Å². The maximum absolute atomic E-state index is 13.3. The van der Waals surface area contributed by atoms with Crippen LogP contribution in [0.4, 0.5) is 8.78 Å². The summed E-state index contributed by atoms with van der Waals surface area (Å²) in [4.78, 5) is 18.2. The first-order valence-electron chi connectivity index (χ1n) is 6.93. The predicted molar refractivity (Wildman–Crippen MR) is 78.6 cm³/mol. The Labute approximate surface area is 130 Å². The lowest BCUT2D eigenvalue weighted by Gasteiger charge is -2.21. The first kappa shape index (κ1) is 15.1. The number of amides is 1. The lowest BCUT2D eigenvalue weighted by atomic mass is 10.2. The molecule has 1 amide bonds. The summed E-state index contributed by atoms with van der Waals surface area (Å²) in [5.74, 6) is -2.10. The van der Waals surface area contributed by atoms with Crippen molar-refractivity contribution in [1.82, 2.24) is 9.88 Å². The van der Waals surface area contributed by atoms with Gasteiger partial charge in [-0.05, 0) is 31.0 Å². The Morgan fingerprint density at radius 2 is 2.23 bits per heavy atom. The van der Waals surface area contributed by atoms with Crippen LogP contribution >= 0.6 is 11.3 Å². The largest absolute Gasteiger partial charge is 0.394 e. The second kappa shape index (κ2) is 6.10. The zero-order valence-electron chi connectivity index (χ0n) is 11.6. The lowest BCUT2D eigenvalue weighted by Crippen LogP contribution is -2.37. The average Bonchev–Trinajstić information content (AvgIpc) is 3.17. The number of aliphatic hydroxyl groups excluding tert-OH is 1. The second-order valence-electron chi connectivity index (χ2n) is 5.14. The number of aromatic nitrogens is 1. The minimum atomic E-state index is -0.944. The van der Waals surface area contributed by atoms with Crippen LogP contribution in [0, 0.1) is 11.6 Å². The van der Waals surface area contributed by atoms with Crippen molar-refractivity contribution >= 4 is 17.2 Å². The number of thiazole rings is 1. The number of carbonyl (C=O) groups excluding carboxylic acids is 1. The van der Waals surface area contributed by atoms with Crippen molar-refractivity contribution < 1.29 is 18.7 Å². The zero-order valence-corrected chi connectivity index (χ0v) is 12.4. The third-order valence-corrected chi connectivity index (χ3v) is 4.63. The average molecular weight is 324 g/mol. The first-order chi connectivity index (χ1) is 10.6. The fourth-order valence-electron chi connectivity index (χ4n) is 2.57. The molecule has 2 heterocycles. The van der Waals surface area contributed by atoms with Gasteiger partial charge in [0.15, 0.2) is 11.6 Å². The molecule has 4 nitrogen and oxygen atoms in total. The Morgan fingerprint density at radius 3 is 2.95 bits per heavy atom. The Balaban J connectivity index is 1.84. The smallest absolute Gasteiger partial charge is 0.273 e. The highest BCUT2D eigenvalue weighted by Crippen LogP contribution is 2.27. The van der Waals surface area contributed by atoms with Gasteiger partial charge in [-0.2, -0.15) is 0 Å². The number of benzene rings is 1. The van der Waals surface area contributed by atoms with Crippen LogP contribution in [0.5, 0.6) is 0 Å². The van der Waals surface area contributed by atoms with Crippen molar-refractivity contribution in [3.8, 4) is 10.6 Å². The minimum Gasteiger partial charge on any atom is -0.394 e. The van der Waals surface area contributed by atoms with Crippen LogP contribution in [0.25, 0.3) is 10.6 Å². The predicted octanol–water partition coefficient (Wildman–Crippen LogP) is 2.69. The molecule has 1 aromatic carbocycles. The number of hydrogen-bond donors (Lipinski definition) is 1. The summed E-state index contributed by atoms with van der Waals surface area (Å²) in [5, 5.41) is 11.3. The standard InChI is InChI=1S/C15H14F2N2O2S/c16-11-4-3-9(6-12(11)17)14-18-13(8-22-14)15(21)19-5-1-2-10(19)7-20/h3-4,6,8,10,20H,1-2,5,7H2/t10-/m1/s1. The molecule has 0 unspecified atom stereocenters. The van der Waals surface area contributed by atoms with Gasteiger partial charge in [-0.1, -0.05) is 0 Å². The van der Waals surface area contributed by atoms with Gasteiger partial charge in [-0.3, -0.25) is 4.79 Å². The van der Waals surface area contributed by atoms with Gasteiger partial charge >= 0.3 is 0 Å². The van der Waals surface area contributed by atoms with Gasteiger partial charge in [-0.15, -0.1) is 11.3 Å². The van der Waals surface area contributed by atoms with Crippen LogP contribution < -0.4 is 0 Å². The van der Waals surface area contributed by atoms with Crippen molar-refractivity contribution in [3.63, 3.8) is 0 Å². The van der Waals surface area contributed by atoms with E-state index in [1.165, 1.54) is 17.4 Å². The van der Waals surface area contributed by atoms with E-state index in [-0.39, 0.29) is 24.2 Å². The molecule has 0 radical (unpaired) electrons. The van der Waals surface area contributed by atoms with E-state index in [9.17, 15) is 18.7 Å². The number of carbonyl (C=O) groups is 1. The van der Waals surface area contributed by atoms with Crippen LogP contribution in [0.15, 0.2) is 23.6 Å². The van der Waals surface area contributed by atoms with Crippen molar-refractivity contribution in [2.45, 2.75) is 18.9 Å². The van der Waals surface area contributed by atoms with Crippen LogP contribution in [0.2, 0.25) is 0 Å². The summed E-state index contributed by atoms with van der Waals surface area (Å²) in [6.07, 6.45) is 1.64. The number of halogens is 2. The molecule has 1 saturated heterocycles. The third kappa shape index (κ3) is 2.74. The van der Waals surface area contributed by atoms with E-state index >= 15 is 0 Å².